The van der Waals surface area contributed by atoms with Crippen LogP contribution in [0, 0.1) is 12.3 Å². The Kier molecular flexibility index (Phi) is 4.58. The van der Waals surface area contributed by atoms with Crippen LogP contribution in [0.1, 0.15) is 16.7 Å². The van der Waals surface area contributed by atoms with Crippen molar-refractivity contribution in [3.8, 4) is 12.3 Å². The summed E-state index contributed by atoms with van der Waals surface area (Å²) in [5.74, 6) is 2.62. The fourth-order valence-corrected chi connectivity index (χ4v) is 1.83. The molecule has 0 fully saturated rings. The highest BCUT2D eigenvalue weighted by molar-refractivity contribution is 5.34. The predicted molar refractivity (Wildman–Crippen MR) is 76.2 cm³/mol. The molecule has 0 atom stereocenters. The zero-order valence-electron chi connectivity index (χ0n) is 10.4. The van der Waals surface area contributed by atoms with Gasteiger partial charge in [-0.05, 0) is 36.2 Å². The van der Waals surface area contributed by atoms with Gasteiger partial charge < -0.3 is 5.32 Å². The fourth-order valence-electron chi connectivity index (χ4n) is 1.83. The van der Waals surface area contributed by atoms with E-state index in [1.807, 2.05) is 18.2 Å². The second kappa shape index (κ2) is 6.64. The molecule has 0 saturated carbocycles. The quantitative estimate of drug-likeness (QED) is 0.620. The normalized spacial score (nSPS) is 9.94. The van der Waals surface area contributed by atoms with E-state index in [1.165, 1.54) is 11.1 Å². The summed E-state index contributed by atoms with van der Waals surface area (Å²) in [6.45, 7) is 1.87. The Hall–Kier alpha value is -2.04. The molecule has 0 radical (unpaired) electrons. The Morgan fingerprint density at radius 3 is 2.28 bits per heavy atom. The zero-order chi connectivity index (χ0) is 12.6. The van der Waals surface area contributed by atoms with Gasteiger partial charge in [-0.3, -0.25) is 0 Å². The van der Waals surface area contributed by atoms with Crippen molar-refractivity contribution < 1.29 is 0 Å². The van der Waals surface area contributed by atoms with Gasteiger partial charge in [0.1, 0.15) is 0 Å². The van der Waals surface area contributed by atoms with E-state index in [1.54, 1.807) is 0 Å². The summed E-state index contributed by atoms with van der Waals surface area (Å²) in [6, 6.07) is 18.6. The Balaban J connectivity index is 1.74. The molecular weight excluding hydrogens is 218 g/mol. The molecule has 0 amide bonds. The van der Waals surface area contributed by atoms with Gasteiger partial charge in [-0.1, -0.05) is 48.4 Å². The molecule has 0 heterocycles. The molecule has 0 aliphatic heterocycles. The number of hydrogen-bond donors (Lipinski definition) is 1. The van der Waals surface area contributed by atoms with Crippen LogP contribution in [0.4, 0.5) is 0 Å². The summed E-state index contributed by atoms with van der Waals surface area (Å²) >= 11 is 0. The molecule has 0 saturated heterocycles. The summed E-state index contributed by atoms with van der Waals surface area (Å²) in [6.07, 6.45) is 6.38. The maximum absolute atomic E-state index is 5.32. The minimum atomic E-state index is 0.887. The van der Waals surface area contributed by atoms with Crippen LogP contribution in [0.15, 0.2) is 54.6 Å². The molecule has 18 heavy (non-hydrogen) atoms. The molecule has 1 nitrogen and oxygen atoms in total. The van der Waals surface area contributed by atoms with Gasteiger partial charge in [-0.25, -0.2) is 0 Å². The van der Waals surface area contributed by atoms with E-state index in [-0.39, 0.29) is 0 Å². The minimum absolute atomic E-state index is 0.887. The van der Waals surface area contributed by atoms with Gasteiger partial charge >= 0.3 is 0 Å². The van der Waals surface area contributed by atoms with E-state index in [4.69, 9.17) is 6.42 Å². The first kappa shape index (κ1) is 12.4. The van der Waals surface area contributed by atoms with Crippen molar-refractivity contribution in [1.82, 2.24) is 5.32 Å². The minimum Gasteiger partial charge on any atom is -0.312 e. The molecule has 0 bridgehead atoms. The van der Waals surface area contributed by atoms with Crippen molar-refractivity contribution in [1.29, 1.82) is 0 Å². The van der Waals surface area contributed by atoms with Gasteiger partial charge in [0, 0.05) is 12.1 Å². The first-order valence-electron chi connectivity index (χ1n) is 6.18. The molecule has 1 N–H and O–H groups in total. The fraction of sp³-hybridized carbons (Fsp3) is 0.176. The van der Waals surface area contributed by atoms with E-state index >= 15 is 0 Å². The Bertz CT molecular complexity index is 506. The second-order valence-corrected chi connectivity index (χ2v) is 4.25. The molecular formula is C17H17N. The summed E-state index contributed by atoms with van der Waals surface area (Å²) in [4.78, 5) is 0. The predicted octanol–water partition coefficient (Wildman–Crippen LogP) is 3.00. The van der Waals surface area contributed by atoms with Gasteiger partial charge in [0.15, 0.2) is 0 Å². The van der Waals surface area contributed by atoms with Crippen LogP contribution in [0.3, 0.4) is 0 Å². The standard InChI is InChI=1S/C17H17N/c1-2-15-8-10-17(11-9-15)14-18-13-12-16-6-4-3-5-7-16/h1,3-11,18H,12-14H2. The SMILES string of the molecule is C#Cc1ccc(CNCCc2ccccc2)cc1. The molecule has 90 valence electrons. The lowest BCUT2D eigenvalue weighted by molar-refractivity contribution is 0.687. The van der Waals surface area contributed by atoms with Crippen molar-refractivity contribution in [2.45, 2.75) is 13.0 Å². The average Bonchev–Trinajstić information content (AvgIpc) is 2.45. The summed E-state index contributed by atoms with van der Waals surface area (Å²) in [7, 11) is 0. The smallest absolute Gasteiger partial charge is 0.0242 e. The molecule has 0 unspecified atom stereocenters. The molecule has 0 spiro atoms. The molecule has 2 rings (SSSR count). The number of terminal acetylenes is 1. The van der Waals surface area contributed by atoms with Gasteiger partial charge in [0.05, 0.1) is 0 Å². The van der Waals surface area contributed by atoms with Crippen molar-refractivity contribution in [2.75, 3.05) is 6.54 Å². The molecule has 0 aromatic heterocycles. The number of benzene rings is 2. The second-order valence-electron chi connectivity index (χ2n) is 4.25. The Labute approximate surface area is 109 Å². The average molecular weight is 235 g/mol. The van der Waals surface area contributed by atoms with E-state index in [0.717, 1.165) is 25.1 Å². The molecule has 1 heteroatoms. The van der Waals surface area contributed by atoms with Crippen LogP contribution in [0.2, 0.25) is 0 Å². The van der Waals surface area contributed by atoms with Crippen LogP contribution >= 0.6 is 0 Å². The molecule has 0 aliphatic rings. The monoisotopic (exact) mass is 235 g/mol. The highest BCUT2D eigenvalue weighted by Crippen LogP contribution is 2.03. The topological polar surface area (TPSA) is 12.0 Å². The Morgan fingerprint density at radius 2 is 1.61 bits per heavy atom. The summed E-state index contributed by atoms with van der Waals surface area (Å²) in [5.41, 5.74) is 3.57. The summed E-state index contributed by atoms with van der Waals surface area (Å²) < 4.78 is 0. The van der Waals surface area contributed by atoms with E-state index < -0.39 is 0 Å². The van der Waals surface area contributed by atoms with Crippen LogP contribution < -0.4 is 5.32 Å². The third-order valence-electron chi connectivity index (χ3n) is 2.88. The lowest BCUT2D eigenvalue weighted by atomic mass is 10.1. The molecule has 0 aliphatic carbocycles. The van der Waals surface area contributed by atoms with Crippen molar-refractivity contribution >= 4 is 0 Å². The van der Waals surface area contributed by atoms with Crippen molar-refractivity contribution in [2.24, 2.45) is 0 Å². The van der Waals surface area contributed by atoms with Crippen LogP contribution in [-0.2, 0) is 13.0 Å². The maximum atomic E-state index is 5.32. The molecule has 2 aromatic carbocycles. The number of hydrogen-bond acceptors (Lipinski definition) is 1. The first-order valence-corrected chi connectivity index (χ1v) is 6.18. The van der Waals surface area contributed by atoms with Gasteiger partial charge in [-0.2, -0.15) is 0 Å². The van der Waals surface area contributed by atoms with Gasteiger partial charge in [0.25, 0.3) is 0 Å². The van der Waals surface area contributed by atoms with Crippen molar-refractivity contribution in [3.05, 3.63) is 71.3 Å². The highest BCUT2D eigenvalue weighted by atomic mass is 14.8. The Morgan fingerprint density at radius 1 is 0.889 bits per heavy atom. The van der Waals surface area contributed by atoms with Crippen LogP contribution in [0.5, 0.6) is 0 Å². The van der Waals surface area contributed by atoms with Crippen LogP contribution in [0.25, 0.3) is 0 Å². The lowest BCUT2D eigenvalue weighted by Gasteiger charge is -2.05. The van der Waals surface area contributed by atoms with E-state index in [2.05, 4.69) is 47.6 Å². The van der Waals surface area contributed by atoms with E-state index in [0.29, 0.717) is 0 Å². The largest absolute Gasteiger partial charge is 0.312 e. The van der Waals surface area contributed by atoms with E-state index in [9.17, 15) is 0 Å². The number of nitrogens with one attached hydrogen (secondary N) is 1. The number of rotatable bonds is 5. The first-order chi connectivity index (χ1) is 8.88. The third-order valence-corrected chi connectivity index (χ3v) is 2.88. The maximum Gasteiger partial charge on any atom is 0.0242 e. The van der Waals surface area contributed by atoms with Crippen molar-refractivity contribution in [3.63, 3.8) is 0 Å². The van der Waals surface area contributed by atoms with Gasteiger partial charge in [-0.15, -0.1) is 6.42 Å². The summed E-state index contributed by atoms with van der Waals surface area (Å²) in [5, 5.41) is 3.44. The lowest BCUT2D eigenvalue weighted by Crippen LogP contribution is -2.16. The molecule has 2 aromatic rings. The third kappa shape index (κ3) is 3.76. The zero-order valence-corrected chi connectivity index (χ0v) is 10.4. The van der Waals surface area contributed by atoms with Gasteiger partial charge in [0.2, 0.25) is 0 Å². The highest BCUT2D eigenvalue weighted by Gasteiger charge is 1.94. The van der Waals surface area contributed by atoms with Crippen LogP contribution in [-0.4, -0.2) is 6.54 Å².